The predicted octanol–water partition coefficient (Wildman–Crippen LogP) is 5.38. The van der Waals surface area contributed by atoms with Gasteiger partial charge in [-0.2, -0.15) is 5.10 Å². The van der Waals surface area contributed by atoms with Crippen molar-refractivity contribution < 1.29 is 17.9 Å². The van der Waals surface area contributed by atoms with Gasteiger partial charge in [0.25, 0.3) is 15.9 Å². The van der Waals surface area contributed by atoms with Crippen LogP contribution < -0.4 is 14.5 Å². The maximum Gasteiger partial charge on any atom is 0.264 e. The van der Waals surface area contributed by atoms with Crippen LogP contribution in [0.15, 0.2) is 82.8 Å². The molecule has 0 aliphatic heterocycles. The summed E-state index contributed by atoms with van der Waals surface area (Å²) in [6, 6.07) is 20.2. The molecule has 1 amide bonds. The van der Waals surface area contributed by atoms with E-state index in [0.29, 0.717) is 16.5 Å². The Morgan fingerprint density at radius 1 is 1.03 bits per heavy atom. The van der Waals surface area contributed by atoms with Crippen molar-refractivity contribution in [3.05, 3.63) is 88.9 Å². The van der Waals surface area contributed by atoms with E-state index in [4.69, 9.17) is 16.3 Å². The van der Waals surface area contributed by atoms with Gasteiger partial charge >= 0.3 is 0 Å². The van der Waals surface area contributed by atoms with Crippen molar-refractivity contribution >= 4 is 38.9 Å². The van der Waals surface area contributed by atoms with Gasteiger partial charge in [0.05, 0.1) is 23.4 Å². The first-order chi connectivity index (χ1) is 16.9. The molecule has 0 saturated heterocycles. The van der Waals surface area contributed by atoms with Crippen LogP contribution in [0.1, 0.15) is 38.8 Å². The quantitative estimate of drug-likeness (QED) is 0.314. The van der Waals surface area contributed by atoms with E-state index < -0.39 is 22.5 Å². The van der Waals surface area contributed by atoms with Gasteiger partial charge in [-0.3, -0.25) is 9.10 Å². The molecule has 0 spiro atoms. The van der Waals surface area contributed by atoms with Crippen molar-refractivity contribution in [2.75, 3.05) is 18.0 Å². The molecular weight excluding hydrogens is 498 g/mol. The number of halogens is 1. The van der Waals surface area contributed by atoms with Crippen LogP contribution in [-0.2, 0) is 20.2 Å². The van der Waals surface area contributed by atoms with E-state index in [1.807, 2.05) is 24.3 Å². The van der Waals surface area contributed by atoms with Gasteiger partial charge < -0.3 is 4.74 Å². The summed E-state index contributed by atoms with van der Waals surface area (Å²) < 4.78 is 33.1. The molecular formula is C27H30ClN3O4S. The standard InChI is InChI=1S/C27H30ClN3O4S/c1-19(20-9-11-21(12-10-20)27(2,3)4)29-30-26(32)18-31(23-8-6-7-22(28)17-23)36(33,34)25-15-13-24(35-5)14-16-25/h6-17H,18H2,1-5H3,(H,30,32). The molecule has 0 saturated carbocycles. The first kappa shape index (κ1) is 27.2. The monoisotopic (exact) mass is 527 g/mol. The lowest BCUT2D eigenvalue weighted by molar-refractivity contribution is -0.119. The van der Waals surface area contributed by atoms with E-state index in [9.17, 15) is 13.2 Å². The molecule has 190 valence electrons. The average molecular weight is 528 g/mol. The fourth-order valence-electron chi connectivity index (χ4n) is 3.41. The summed E-state index contributed by atoms with van der Waals surface area (Å²) in [6.07, 6.45) is 0. The minimum Gasteiger partial charge on any atom is -0.497 e. The maximum atomic E-state index is 13.5. The fourth-order valence-corrected chi connectivity index (χ4v) is 5.01. The molecule has 0 atom stereocenters. The van der Waals surface area contributed by atoms with Gasteiger partial charge in [0.2, 0.25) is 0 Å². The second-order valence-corrected chi connectivity index (χ2v) is 11.5. The Morgan fingerprint density at radius 3 is 2.22 bits per heavy atom. The van der Waals surface area contributed by atoms with Crippen LogP contribution in [0, 0.1) is 0 Å². The Kier molecular flexibility index (Phi) is 8.43. The summed E-state index contributed by atoms with van der Waals surface area (Å²) in [5, 5.41) is 4.52. The smallest absolute Gasteiger partial charge is 0.264 e. The number of rotatable bonds is 8. The van der Waals surface area contributed by atoms with Crippen molar-refractivity contribution in [1.82, 2.24) is 5.43 Å². The first-order valence-electron chi connectivity index (χ1n) is 11.3. The van der Waals surface area contributed by atoms with Gasteiger partial charge in [0.1, 0.15) is 12.3 Å². The third-order valence-corrected chi connectivity index (χ3v) is 7.57. The Hall–Kier alpha value is -3.36. The van der Waals surface area contributed by atoms with Crippen LogP contribution in [0.2, 0.25) is 5.02 Å². The van der Waals surface area contributed by atoms with Gasteiger partial charge in [0.15, 0.2) is 0 Å². The zero-order valence-electron chi connectivity index (χ0n) is 20.9. The van der Waals surface area contributed by atoms with Crippen molar-refractivity contribution in [2.45, 2.75) is 38.0 Å². The molecule has 0 fully saturated rings. The number of nitrogens with one attached hydrogen (secondary N) is 1. The largest absolute Gasteiger partial charge is 0.497 e. The average Bonchev–Trinajstić information content (AvgIpc) is 2.85. The third kappa shape index (κ3) is 6.65. The second kappa shape index (κ2) is 11.1. The topological polar surface area (TPSA) is 88.1 Å². The van der Waals surface area contributed by atoms with E-state index in [1.54, 1.807) is 37.3 Å². The number of methoxy groups -OCH3 is 1. The molecule has 3 aromatic carbocycles. The molecule has 0 heterocycles. The molecule has 36 heavy (non-hydrogen) atoms. The molecule has 0 aliphatic carbocycles. The summed E-state index contributed by atoms with van der Waals surface area (Å²) in [6.45, 7) is 7.68. The number of hydrogen-bond donors (Lipinski definition) is 1. The Bertz CT molecular complexity index is 1350. The van der Waals surface area contributed by atoms with E-state index >= 15 is 0 Å². The highest BCUT2D eigenvalue weighted by Crippen LogP contribution is 2.27. The number of nitrogens with zero attached hydrogens (tertiary/aromatic N) is 2. The van der Waals surface area contributed by atoms with Crippen molar-refractivity contribution in [3.8, 4) is 5.75 Å². The number of carbonyl (C=O) groups excluding carboxylic acids is 1. The minimum atomic E-state index is -4.09. The Morgan fingerprint density at radius 2 is 1.67 bits per heavy atom. The van der Waals surface area contributed by atoms with Gasteiger partial charge in [0, 0.05) is 5.02 Å². The summed E-state index contributed by atoms with van der Waals surface area (Å²) in [5.74, 6) is -0.0842. The fraction of sp³-hybridized carbons (Fsp3) is 0.259. The molecule has 0 aliphatic rings. The van der Waals surface area contributed by atoms with Crippen LogP contribution in [-0.4, -0.2) is 33.7 Å². The predicted molar refractivity (Wildman–Crippen MR) is 144 cm³/mol. The van der Waals surface area contributed by atoms with Crippen LogP contribution in [0.3, 0.4) is 0 Å². The second-order valence-electron chi connectivity index (χ2n) is 9.23. The van der Waals surface area contributed by atoms with Crippen molar-refractivity contribution in [1.29, 1.82) is 0 Å². The molecule has 3 rings (SSSR count). The number of hydrogen-bond acceptors (Lipinski definition) is 5. The highest BCUT2D eigenvalue weighted by atomic mass is 35.5. The van der Waals surface area contributed by atoms with Crippen molar-refractivity contribution in [3.63, 3.8) is 0 Å². The number of benzene rings is 3. The van der Waals surface area contributed by atoms with Crippen molar-refractivity contribution in [2.24, 2.45) is 5.10 Å². The maximum absolute atomic E-state index is 13.5. The van der Waals surface area contributed by atoms with E-state index in [2.05, 4.69) is 31.3 Å². The van der Waals surface area contributed by atoms with E-state index in [1.165, 1.54) is 30.9 Å². The lowest BCUT2D eigenvalue weighted by atomic mass is 9.86. The molecule has 7 nitrogen and oxygen atoms in total. The highest BCUT2D eigenvalue weighted by molar-refractivity contribution is 7.92. The van der Waals surface area contributed by atoms with E-state index in [0.717, 1.165) is 9.87 Å². The van der Waals surface area contributed by atoms with Crippen LogP contribution in [0.25, 0.3) is 0 Å². The van der Waals surface area contributed by atoms with Gasteiger partial charge in [-0.05, 0) is 65.9 Å². The zero-order chi connectivity index (χ0) is 26.5. The minimum absolute atomic E-state index is 0.00898. The molecule has 3 aromatic rings. The number of anilines is 1. The van der Waals surface area contributed by atoms with Gasteiger partial charge in [-0.1, -0.05) is 62.7 Å². The molecule has 0 radical (unpaired) electrons. The molecule has 0 aromatic heterocycles. The number of sulfonamides is 1. The lowest BCUT2D eigenvalue weighted by Gasteiger charge is -2.24. The number of amides is 1. The first-order valence-corrected chi connectivity index (χ1v) is 13.1. The molecule has 0 bridgehead atoms. The lowest BCUT2D eigenvalue weighted by Crippen LogP contribution is -2.39. The number of carbonyl (C=O) groups is 1. The Balaban J connectivity index is 1.84. The third-order valence-electron chi connectivity index (χ3n) is 5.55. The summed E-state index contributed by atoms with van der Waals surface area (Å²) in [5.41, 5.74) is 5.38. The molecule has 9 heteroatoms. The number of ether oxygens (including phenoxy) is 1. The van der Waals surface area contributed by atoms with Crippen LogP contribution in [0.5, 0.6) is 5.75 Å². The summed E-state index contributed by atoms with van der Waals surface area (Å²) in [7, 11) is -2.60. The summed E-state index contributed by atoms with van der Waals surface area (Å²) in [4.78, 5) is 12.8. The Labute approximate surface area is 217 Å². The molecule has 0 unspecified atom stereocenters. The highest BCUT2D eigenvalue weighted by Gasteiger charge is 2.27. The van der Waals surface area contributed by atoms with Gasteiger partial charge in [-0.15, -0.1) is 0 Å². The SMILES string of the molecule is COc1ccc(S(=O)(=O)N(CC(=O)NN=C(C)c2ccc(C(C)(C)C)cc2)c2cccc(Cl)c2)cc1. The van der Waals surface area contributed by atoms with Crippen LogP contribution in [0.4, 0.5) is 5.69 Å². The summed E-state index contributed by atoms with van der Waals surface area (Å²) >= 11 is 6.11. The van der Waals surface area contributed by atoms with Gasteiger partial charge in [-0.25, -0.2) is 13.8 Å². The zero-order valence-corrected chi connectivity index (χ0v) is 22.5. The molecule has 1 N–H and O–H groups in total. The normalized spacial score (nSPS) is 12.2. The van der Waals surface area contributed by atoms with E-state index in [-0.39, 0.29) is 16.0 Å². The number of hydrazone groups is 1. The van der Waals surface area contributed by atoms with Crippen LogP contribution >= 0.6 is 11.6 Å².